The monoisotopic (exact) mass is 358 g/mol. The average Bonchev–Trinajstić information content (AvgIpc) is 3.41. The quantitative estimate of drug-likeness (QED) is 0.843. The van der Waals surface area contributed by atoms with Crippen LogP contribution in [0.3, 0.4) is 0 Å². The number of nitrogens with zero attached hydrogens (tertiary/aromatic N) is 3. The summed E-state index contributed by atoms with van der Waals surface area (Å²) in [6.07, 6.45) is 5.95. The number of anilines is 1. The van der Waals surface area contributed by atoms with Crippen LogP contribution in [0.5, 0.6) is 0 Å². The van der Waals surface area contributed by atoms with Crippen molar-refractivity contribution in [2.45, 2.75) is 44.7 Å². The molecular weight excluding hydrogens is 332 g/mol. The number of piperidine rings is 1. The predicted molar refractivity (Wildman–Crippen MR) is 96.1 cm³/mol. The van der Waals surface area contributed by atoms with E-state index >= 15 is 0 Å². The number of nitrogen functional groups attached to an aromatic ring is 1. The molecule has 26 heavy (non-hydrogen) atoms. The van der Waals surface area contributed by atoms with Crippen molar-refractivity contribution in [3.8, 4) is 0 Å². The van der Waals surface area contributed by atoms with Gasteiger partial charge >= 0.3 is 5.97 Å². The van der Waals surface area contributed by atoms with Crippen LogP contribution in [0, 0.1) is 11.3 Å². The molecule has 0 aromatic carbocycles. The molecule has 2 aliphatic heterocycles. The molecule has 0 bridgehead atoms. The summed E-state index contributed by atoms with van der Waals surface area (Å²) in [7, 11) is 0. The zero-order valence-electron chi connectivity index (χ0n) is 14.9. The van der Waals surface area contributed by atoms with E-state index in [1.807, 2.05) is 12.1 Å². The fraction of sp³-hybridized carbons (Fsp3) is 0.632. The lowest BCUT2D eigenvalue weighted by atomic mass is 9.76. The van der Waals surface area contributed by atoms with Crippen LogP contribution in [-0.4, -0.2) is 57.4 Å². The molecule has 0 unspecified atom stereocenters. The van der Waals surface area contributed by atoms with E-state index in [1.165, 1.54) is 0 Å². The van der Waals surface area contributed by atoms with Gasteiger partial charge in [-0.3, -0.25) is 9.69 Å². The molecule has 7 heteroatoms. The van der Waals surface area contributed by atoms with Crippen LogP contribution < -0.4 is 5.73 Å². The Bertz CT molecular complexity index is 710. The Morgan fingerprint density at radius 1 is 1.31 bits per heavy atom. The first-order chi connectivity index (χ1) is 12.5. The van der Waals surface area contributed by atoms with Gasteiger partial charge in [0, 0.05) is 30.8 Å². The number of aromatic nitrogens is 1. The number of pyridine rings is 1. The maximum Gasteiger partial charge on any atom is 0.326 e. The molecule has 2 saturated heterocycles. The van der Waals surface area contributed by atoms with Gasteiger partial charge in [0.05, 0.1) is 0 Å². The highest BCUT2D eigenvalue weighted by atomic mass is 16.4. The highest BCUT2D eigenvalue weighted by Gasteiger charge is 2.51. The summed E-state index contributed by atoms with van der Waals surface area (Å²) < 4.78 is 0. The Kier molecular flexibility index (Phi) is 4.34. The summed E-state index contributed by atoms with van der Waals surface area (Å²) in [5.74, 6) is -0.164. The number of hydrogen-bond acceptors (Lipinski definition) is 5. The molecule has 7 nitrogen and oxygen atoms in total. The number of carboxylic acid groups (broad SMARTS) is 1. The molecule has 1 aromatic rings. The number of carbonyl (C=O) groups is 2. The molecule has 140 valence electrons. The second kappa shape index (κ2) is 6.54. The minimum absolute atomic E-state index is 0.0510. The largest absolute Gasteiger partial charge is 0.480 e. The third-order valence-electron chi connectivity index (χ3n) is 6.24. The number of aliphatic carboxylic acids is 1. The molecule has 1 saturated carbocycles. The molecule has 1 amide bonds. The van der Waals surface area contributed by atoms with E-state index in [4.69, 9.17) is 5.73 Å². The van der Waals surface area contributed by atoms with Gasteiger partial charge in [-0.15, -0.1) is 0 Å². The van der Waals surface area contributed by atoms with Gasteiger partial charge in [0.1, 0.15) is 11.9 Å². The van der Waals surface area contributed by atoms with E-state index in [2.05, 4.69) is 9.88 Å². The summed E-state index contributed by atoms with van der Waals surface area (Å²) in [4.78, 5) is 32.4. The van der Waals surface area contributed by atoms with Gasteiger partial charge in [-0.2, -0.15) is 0 Å². The predicted octanol–water partition coefficient (Wildman–Crippen LogP) is 1.34. The Labute approximate surface area is 153 Å². The number of carboxylic acids is 1. The summed E-state index contributed by atoms with van der Waals surface area (Å²) in [6, 6.07) is 3.25. The standard InChI is InChI=1S/C19H26N4O3/c20-16-14(2-1-7-21-16)11-22-8-5-19(6-9-22)10-15(18(25)26)23(12-19)17(24)13-3-4-13/h1-2,7,13,15H,3-6,8-12H2,(H2,20,21)(H,25,26)/t15-/m1/s1. The molecule has 3 fully saturated rings. The van der Waals surface area contributed by atoms with Crippen molar-refractivity contribution in [1.82, 2.24) is 14.8 Å². The second-order valence-corrected chi connectivity index (χ2v) is 8.12. The van der Waals surface area contributed by atoms with Gasteiger partial charge in [-0.1, -0.05) is 6.07 Å². The van der Waals surface area contributed by atoms with Crippen molar-refractivity contribution in [3.63, 3.8) is 0 Å². The zero-order chi connectivity index (χ0) is 18.3. The van der Waals surface area contributed by atoms with E-state index in [0.29, 0.717) is 18.8 Å². The number of amides is 1. The van der Waals surface area contributed by atoms with Crippen LogP contribution in [0.2, 0.25) is 0 Å². The maximum atomic E-state index is 12.5. The first kappa shape index (κ1) is 17.3. The first-order valence-corrected chi connectivity index (χ1v) is 9.42. The van der Waals surface area contributed by atoms with Gasteiger partial charge in [-0.05, 0) is 56.7 Å². The Morgan fingerprint density at radius 2 is 2.04 bits per heavy atom. The van der Waals surface area contributed by atoms with E-state index in [9.17, 15) is 14.7 Å². The summed E-state index contributed by atoms with van der Waals surface area (Å²) >= 11 is 0. The molecule has 1 aliphatic carbocycles. The number of nitrogens with two attached hydrogens (primary N) is 1. The molecule has 3 heterocycles. The third kappa shape index (κ3) is 3.28. The molecule has 3 N–H and O–H groups in total. The lowest BCUT2D eigenvalue weighted by molar-refractivity contribution is -0.148. The molecule has 1 atom stereocenters. The van der Waals surface area contributed by atoms with Crippen LogP contribution in [0.15, 0.2) is 18.3 Å². The molecule has 1 aromatic heterocycles. The number of carbonyl (C=O) groups excluding carboxylic acids is 1. The molecule has 1 spiro atoms. The Morgan fingerprint density at radius 3 is 2.65 bits per heavy atom. The minimum atomic E-state index is -0.860. The van der Waals surface area contributed by atoms with Gasteiger partial charge in [0.15, 0.2) is 0 Å². The SMILES string of the molecule is Nc1ncccc1CN1CCC2(CC1)C[C@H](C(=O)O)N(C(=O)C1CC1)C2. The van der Waals surface area contributed by atoms with Crippen LogP contribution >= 0.6 is 0 Å². The molecule has 0 radical (unpaired) electrons. The third-order valence-corrected chi connectivity index (χ3v) is 6.24. The highest BCUT2D eigenvalue weighted by molar-refractivity contribution is 5.87. The van der Waals surface area contributed by atoms with Gasteiger partial charge < -0.3 is 15.7 Å². The maximum absolute atomic E-state index is 12.5. The topological polar surface area (TPSA) is 99.8 Å². The number of hydrogen-bond donors (Lipinski definition) is 2. The molecular formula is C19H26N4O3. The number of rotatable bonds is 4. The van der Waals surface area contributed by atoms with Gasteiger partial charge in [-0.25, -0.2) is 9.78 Å². The van der Waals surface area contributed by atoms with E-state index in [0.717, 1.165) is 50.9 Å². The zero-order valence-corrected chi connectivity index (χ0v) is 14.9. The molecule has 3 aliphatic rings. The van der Waals surface area contributed by atoms with Crippen molar-refractivity contribution in [2.24, 2.45) is 11.3 Å². The van der Waals surface area contributed by atoms with E-state index in [1.54, 1.807) is 11.1 Å². The summed E-state index contributed by atoms with van der Waals surface area (Å²) in [6.45, 7) is 3.16. The van der Waals surface area contributed by atoms with Crippen LogP contribution in [0.4, 0.5) is 5.82 Å². The van der Waals surface area contributed by atoms with Crippen molar-refractivity contribution in [3.05, 3.63) is 23.9 Å². The smallest absolute Gasteiger partial charge is 0.326 e. The van der Waals surface area contributed by atoms with Crippen molar-refractivity contribution >= 4 is 17.7 Å². The average molecular weight is 358 g/mol. The fourth-order valence-corrected chi connectivity index (χ4v) is 4.45. The van der Waals surface area contributed by atoms with Crippen molar-refractivity contribution < 1.29 is 14.7 Å². The minimum Gasteiger partial charge on any atom is -0.480 e. The van der Waals surface area contributed by atoms with Gasteiger partial charge in [0.25, 0.3) is 0 Å². The number of likely N-dealkylation sites (tertiary alicyclic amines) is 2. The van der Waals surface area contributed by atoms with Crippen molar-refractivity contribution in [1.29, 1.82) is 0 Å². The lowest BCUT2D eigenvalue weighted by Crippen LogP contribution is -2.43. The van der Waals surface area contributed by atoms with Gasteiger partial charge in [0.2, 0.25) is 5.91 Å². The van der Waals surface area contributed by atoms with Crippen LogP contribution in [-0.2, 0) is 16.1 Å². The molecule has 4 rings (SSSR count). The second-order valence-electron chi connectivity index (χ2n) is 8.12. The Balaban J connectivity index is 1.40. The van der Waals surface area contributed by atoms with E-state index in [-0.39, 0.29) is 17.2 Å². The van der Waals surface area contributed by atoms with Crippen LogP contribution in [0.1, 0.15) is 37.7 Å². The van der Waals surface area contributed by atoms with Crippen LogP contribution in [0.25, 0.3) is 0 Å². The summed E-state index contributed by atoms with van der Waals surface area (Å²) in [5, 5.41) is 9.60. The van der Waals surface area contributed by atoms with E-state index < -0.39 is 12.0 Å². The highest BCUT2D eigenvalue weighted by Crippen LogP contribution is 2.45. The fourth-order valence-electron chi connectivity index (χ4n) is 4.45. The van der Waals surface area contributed by atoms with Crippen molar-refractivity contribution in [2.75, 3.05) is 25.4 Å². The first-order valence-electron chi connectivity index (χ1n) is 9.42. The summed E-state index contributed by atoms with van der Waals surface area (Å²) in [5.41, 5.74) is 6.92. The normalized spacial score (nSPS) is 25.5. The lowest BCUT2D eigenvalue weighted by Gasteiger charge is -2.39. The Hall–Kier alpha value is -2.15.